The molecule has 1 aliphatic rings. The number of ether oxygens (including phenoxy) is 1. The Morgan fingerprint density at radius 3 is 2.61 bits per heavy atom. The summed E-state index contributed by atoms with van der Waals surface area (Å²) in [5.41, 5.74) is 0.961. The monoisotopic (exact) mass is 339 g/mol. The molecule has 7 heteroatoms. The number of hydrogen-bond donors (Lipinski definition) is 1. The van der Waals surface area contributed by atoms with Crippen LogP contribution in [0.15, 0.2) is 30.3 Å². The highest BCUT2D eigenvalue weighted by Gasteiger charge is 2.30. The lowest BCUT2D eigenvalue weighted by Gasteiger charge is -2.14. The molecule has 1 aromatic carbocycles. The predicted octanol–water partition coefficient (Wildman–Crippen LogP) is 1.23. The molecule has 1 aromatic rings. The van der Waals surface area contributed by atoms with E-state index in [1.165, 1.54) is 0 Å². The lowest BCUT2D eigenvalue weighted by molar-refractivity contribution is -0.149. The minimum atomic E-state index is -3.01. The summed E-state index contributed by atoms with van der Waals surface area (Å²) < 4.78 is 27.6. The van der Waals surface area contributed by atoms with E-state index < -0.39 is 15.8 Å². The van der Waals surface area contributed by atoms with Crippen molar-refractivity contribution in [3.63, 3.8) is 0 Å². The molecule has 1 saturated heterocycles. The predicted molar refractivity (Wildman–Crippen MR) is 85.3 cm³/mol. The molecule has 0 unspecified atom stereocenters. The van der Waals surface area contributed by atoms with Gasteiger partial charge in [-0.15, -0.1) is 0 Å². The second-order valence-electron chi connectivity index (χ2n) is 5.83. The first-order chi connectivity index (χ1) is 10.9. The number of rotatable bonds is 6. The number of hydrogen-bond acceptors (Lipinski definition) is 5. The van der Waals surface area contributed by atoms with Crippen LogP contribution in [0.25, 0.3) is 0 Å². The summed E-state index contributed by atoms with van der Waals surface area (Å²) in [6.07, 6.45) is 0.523. The lowest BCUT2D eigenvalue weighted by Crippen LogP contribution is -2.31. The maximum atomic E-state index is 11.8. The molecule has 0 saturated carbocycles. The minimum absolute atomic E-state index is 0.0271. The average molecular weight is 339 g/mol. The Balaban J connectivity index is 1.71. The fourth-order valence-electron chi connectivity index (χ4n) is 2.58. The normalized spacial score (nSPS) is 20.7. The van der Waals surface area contributed by atoms with E-state index in [-0.39, 0.29) is 42.4 Å². The van der Waals surface area contributed by atoms with Gasteiger partial charge < -0.3 is 10.1 Å². The number of esters is 1. The van der Waals surface area contributed by atoms with E-state index in [4.69, 9.17) is 4.74 Å². The van der Waals surface area contributed by atoms with Gasteiger partial charge in [0.25, 0.3) is 5.91 Å². The molecule has 6 nitrogen and oxygen atoms in total. The standard InChI is InChI=1S/C16H21NO5S/c1-12(14-5-3-2-4-6-14)17-15(18)10-22-16(19)9-13-7-8-23(20,21)11-13/h2-6,12-13H,7-11H2,1H3,(H,17,18)/t12-,13+/m1/s1. The van der Waals surface area contributed by atoms with Crippen LogP contribution in [-0.2, 0) is 24.2 Å². The fourth-order valence-corrected chi connectivity index (χ4v) is 4.44. The zero-order valence-corrected chi connectivity index (χ0v) is 13.8. The Kier molecular flexibility index (Phi) is 5.76. The molecule has 1 fully saturated rings. The molecule has 1 amide bonds. The van der Waals surface area contributed by atoms with E-state index in [9.17, 15) is 18.0 Å². The number of sulfone groups is 1. The van der Waals surface area contributed by atoms with Crippen molar-refractivity contribution in [2.75, 3.05) is 18.1 Å². The SMILES string of the molecule is C[C@@H](NC(=O)COC(=O)C[C@@H]1CCS(=O)(=O)C1)c1ccccc1. The molecule has 0 aromatic heterocycles. The topological polar surface area (TPSA) is 89.5 Å². The Hall–Kier alpha value is -1.89. The van der Waals surface area contributed by atoms with Crippen LogP contribution >= 0.6 is 0 Å². The molecule has 126 valence electrons. The third-order valence-corrected chi connectivity index (χ3v) is 5.66. The van der Waals surface area contributed by atoms with Gasteiger partial charge in [0.05, 0.1) is 17.5 Å². The summed E-state index contributed by atoms with van der Waals surface area (Å²) >= 11 is 0. The van der Waals surface area contributed by atoms with E-state index in [1.807, 2.05) is 37.3 Å². The number of benzene rings is 1. The Bertz CT molecular complexity index is 656. The maximum Gasteiger partial charge on any atom is 0.306 e. The first kappa shape index (κ1) is 17.5. The van der Waals surface area contributed by atoms with Crippen LogP contribution in [0.4, 0.5) is 0 Å². The molecule has 0 spiro atoms. The summed E-state index contributed by atoms with van der Waals surface area (Å²) in [6, 6.07) is 9.28. The third kappa shape index (κ3) is 5.67. The largest absolute Gasteiger partial charge is 0.456 e. The molecule has 0 radical (unpaired) electrons. The summed E-state index contributed by atoms with van der Waals surface area (Å²) in [4.78, 5) is 23.5. The molecule has 0 bridgehead atoms. The van der Waals surface area contributed by atoms with Gasteiger partial charge >= 0.3 is 5.97 Å². The van der Waals surface area contributed by atoms with Crippen LogP contribution in [0.1, 0.15) is 31.4 Å². The average Bonchev–Trinajstić information content (AvgIpc) is 2.85. The summed E-state index contributed by atoms with van der Waals surface area (Å²) in [7, 11) is -3.01. The summed E-state index contributed by atoms with van der Waals surface area (Å²) in [5.74, 6) is -0.957. The van der Waals surface area contributed by atoms with Crippen LogP contribution in [-0.4, -0.2) is 38.4 Å². The maximum absolute atomic E-state index is 11.8. The van der Waals surface area contributed by atoms with Gasteiger partial charge in [-0.05, 0) is 24.8 Å². The van der Waals surface area contributed by atoms with Crippen molar-refractivity contribution in [2.24, 2.45) is 5.92 Å². The van der Waals surface area contributed by atoms with Gasteiger partial charge in [-0.2, -0.15) is 0 Å². The molecule has 1 N–H and O–H groups in total. The highest BCUT2D eigenvalue weighted by atomic mass is 32.2. The van der Waals surface area contributed by atoms with Crippen molar-refractivity contribution < 1.29 is 22.7 Å². The van der Waals surface area contributed by atoms with Crippen LogP contribution < -0.4 is 5.32 Å². The second-order valence-corrected chi connectivity index (χ2v) is 8.06. The van der Waals surface area contributed by atoms with Gasteiger partial charge in [0.2, 0.25) is 0 Å². The van der Waals surface area contributed by atoms with Gasteiger partial charge in [-0.1, -0.05) is 30.3 Å². The lowest BCUT2D eigenvalue weighted by atomic mass is 10.1. The highest BCUT2D eigenvalue weighted by Crippen LogP contribution is 2.21. The minimum Gasteiger partial charge on any atom is -0.456 e. The number of nitrogens with one attached hydrogen (secondary N) is 1. The van der Waals surface area contributed by atoms with E-state index in [2.05, 4.69) is 5.32 Å². The number of amides is 1. The van der Waals surface area contributed by atoms with Gasteiger partial charge in [0.15, 0.2) is 16.4 Å². The Morgan fingerprint density at radius 2 is 2.00 bits per heavy atom. The number of carbonyl (C=O) groups is 2. The smallest absolute Gasteiger partial charge is 0.306 e. The first-order valence-corrected chi connectivity index (χ1v) is 9.38. The van der Waals surface area contributed by atoms with Crippen LogP contribution in [0.3, 0.4) is 0 Å². The second kappa shape index (κ2) is 7.59. The first-order valence-electron chi connectivity index (χ1n) is 7.56. The van der Waals surface area contributed by atoms with Gasteiger partial charge in [-0.3, -0.25) is 9.59 Å². The van der Waals surface area contributed by atoms with E-state index in [0.29, 0.717) is 6.42 Å². The Labute approximate surface area is 136 Å². The molecule has 1 heterocycles. The fraction of sp³-hybridized carbons (Fsp3) is 0.500. The molecule has 1 aliphatic heterocycles. The van der Waals surface area contributed by atoms with Gasteiger partial charge in [0, 0.05) is 6.42 Å². The van der Waals surface area contributed by atoms with Crippen LogP contribution in [0.5, 0.6) is 0 Å². The van der Waals surface area contributed by atoms with Gasteiger partial charge in [0.1, 0.15) is 0 Å². The van der Waals surface area contributed by atoms with Crippen molar-refractivity contribution in [2.45, 2.75) is 25.8 Å². The molecular weight excluding hydrogens is 318 g/mol. The quantitative estimate of drug-likeness (QED) is 0.788. The zero-order chi connectivity index (χ0) is 16.9. The molecule has 23 heavy (non-hydrogen) atoms. The van der Waals surface area contributed by atoms with Crippen molar-refractivity contribution >= 4 is 21.7 Å². The molecular formula is C16H21NO5S. The third-order valence-electron chi connectivity index (χ3n) is 3.82. The highest BCUT2D eigenvalue weighted by molar-refractivity contribution is 7.91. The molecule has 2 rings (SSSR count). The van der Waals surface area contributed by atoms with E-state index in [1.54, 1.807) is 0 Å². The van der Waals surface area contributed by atoms with Crippen molar-refractivity contribution in [3.05, 3.63) is 35.9 Å². The summed E-state index contributed by atoms with van der Waals surface area (Å²) in [6.45, 7) is 1.49. The van der Waals surface area contributed by atoms with Crippen LogP contribution in [0.2, 0.25) is 0 Å². The molecule has 2 atom stereocenters. The summed E-state index contributed by atoms with van der Waals surface area (Å²) in [5, 5.41) is 2.75. The van der Waals surface area contributed by atoms with Gasteiger partial charge in [-0.25, -0.2) is 8.42 Å². The van der Waals surface area contributed by atoms with Crippen LogP contribution in [0, 0.1) is 5.92 Å². The van der Waals surface area contributed by atoms with Crippen molar-refractivity contribution in [3.8, 4) is 0 Å². The van der Waals surface area contributed by atoms with E-state index >= 15 is 0 Å². The van der Waals surface area contributed by atoms with Crippen molar-refractivity contribution in [1.29, 1.82) is 0 Å². The van der Waals surface area contributed by atoms with Crippen molar-refractivity contribution in [1.82, 2.24) is 5.32 Å². The van der Waals surface area contributed by atoms with E-state index in [0.717, 1.165) is 5.56 Å². The Morgan fingerprint density at radius 1 is 1.30 bits per heavy atom. The molecule has 0 aliphatic carbocycles. The zero-order valence-electron chi connectivity index (χ0n) is 13.0. The number of carbonyl (C=O) groups excluding carboxylic acids is 2.